The van der Waals surface area contributed by atoms with E-state index < -0.39 is 0 Å². The van der Waals surface area contributed by atoms with Crippen molar-refractivity contribution in [1.82, 2.24) is 29.1 Å². The van der Waals surface area contributed by atoms with Crippen LogP contribution in [0.15, 0.2) is 182 Å². The number of hydrogen-bond donors (Lipinski definition) is 0. The molecule has 0 aliphatic heterocycles. The van der Waals surface area contributed by atoms with Gasteiger partial charge in [-0.05, 0) is 64.2 Å². The van der Waals surface area contributed by atoms with Crippen LogP contribution in [0.5, 0.6) is 0 Å². The Balaban J connectivity index is 1.19. The highest BCUT2D eigenvalue weighted by Crippen LogP contribution is 2.50. The predicted octanol–water partition coefficient (Wildman–Crippen LogP) is 12.8. The summed E-state index contributed by atoms with van der Waals surface area (Å²) in [4.78, 5) is 20.6. The molecule has 0 bridgehead atoms. The van der Waals surface area contributed by atoms with Gasteiger partial charge < -0.3 is 4.57 Å². The minimum absolute atomic E-state index is 0.100. The molecule has 4 heterocycles. The molecular weight excluding hydrogens is 721 g/mol. The minimum atomic E-state index is -0.100. The zero-order valence-corrected chi connectivity index (χ0v) is 32.5. The summed E-state index contributed by atoms with van der Waals surface area (Å²) in [6.45, 7) is 4.66. The number of rotatable bonds is 5. The van der Waals surface area contributed by atoms with Crippen molar-refractivity contribution in [3.05, 3.63) is 193 Å². The third-order valence-corrected chi connectivity index (χ3v) is 12.3. The lowest BCUT2D eigenvalue weighted by molar-refractivity contribution is 0.660. The molecular formula is C53H36N6. The summed E-state index contributed by atoms with van der Waals surface area (Å²) >= 11 is 0. The number of hydrogen-bond acceptors (Lipinski definition) is 4. The fraction of sp³-hybridized carbons (Fsp3) is 0.0566. The molecule has 12 rings (SSSR count). The topological polar surface area (TPSA) is 61.4 Å². The van der Waals surface area contributed by atoms with Crippen molar-refractivity contribution in [2.45, 2.75) is 19.3 Å². The lowest BCUT2D eigenvalue weighted by atomic mass is 9.82. The largest absolute Gasteiger partial charge is 0.308 e. The van der Waals surface area contributed by atoms with E-state index in [-0.39, 0.29) is 5.41 Å². The average molecular weight is 757 g/mol. The fourth-order valence-electron chi connectivity index (χ4n) is 9.58. The zero-order chi connectivity index (χ0) is 39.2. The molecule has 6 heteroatoms. The Morgan fingerprint density at radius 3 is 1.75 bits per heavy atom. The second kappa shape index (κ2) is 12.7. The van der Waals surface area contributed by atoms with E-state index in [1.165, 1.54) is 22.3 Å². The van der Waals surface area contributed by atoms with Gasteiger partial charge in [0.1, 0.15) is 0 Å². The number of pyridine rings is 1. The summed E-state index contributed by atoms with van der Waals surface area (Å²) in [6, 6.07) is 60.2. The molecule has 278 valence electrons. The SMILES string of the molecule is CC1(C)c2ccccc2-c2cc(-c3cccc(-c4nc(-c5ccccc5)nc(-n5c6ccccc6c6ccccc65)n4)c3-n3c4ccccc4c4cnccc43)ccc21. The first-order valence-electron chi connectivity index (χ1n) is 20.1. The maximum atomic E-state index is 5.46. The minimum Gasteiger partial charge on any atom is -0.308 e. The summed E-state index contributed by atoms with van der Waals surface area (Å²) in [5.41, 5.74) is 14.4. The van der Waals surface area contributed by atoms with Gasteiger partial charge in [-0.25, -0.2) is 4.98 Å². The highest BCUT2D eigenvalue weighted by atomic mass is 15.2. The molecule has 6 nitrogen and oxygen atoms in total. The van der Waals surface area contributed by atoms with Crippen molar-refractivity contribution in [2.75, 3.05) is 0 Å². The van der Waals surface area contributed by atoms with Crippen molar-refractivity contribution in [3.63, 3.8) is 0 Å². The standard InChI is InChI=1S/C53H36N6/c1-53(2)43-23-10-6-17-36(43)41-31-34(27-28-44(41)53)35-21-14-22-40(49(35)58-45-24-11-9-20-39(45)42-32-54-30-29-48(42)58)51-55-50(33-15-4-3-5-16-33)56-52(57-51)59-46-25-12-7-18-37(46)38-19-8-13-26-47(38)59/h3-32H,1-2H3. The molecule has 0 unspecified atom stereocenters. The first-order chi connectivity index (χ1) is 29.0. The van der Waals surface area contributed by atoms with E-state index >= 15 is 0 Å². The first kappa shape index (κ1) is 33.4. The number of nitrogens with zero attached hydrogens (tertiary/aromatic N) is 6. The maximum Gasteiger partial charge on any atom is 0.238 e. The predicted molar refractivity (Wildman–Crippen MR) is 240 cm³/mol. The lowest BCUT2D eigenvalue weighted by Gasteiger charge is -2.22. The molecule has 1 aliphatic carbocycles. The number of fused-ring (bicyclic) bond motifs is 9. The molecule has 1 aliphatic rings. The zero-order valence-electron chi connectivity index (χ0n) is 32.5. The van der Waals surface area contributed by atoms with Crippen LogP contribution < -0.4 is 0 Å². The molecule has 0 N–H and O–H groups in total. The van der Waals surface area contributed by atoms with E-state index in [2.05, 4.69) is 180 Å². The third kappa shape index (κ3) is 4.93. The Morgan fingerprint density at radius 2 is 0.983 bits per heavy atom. The van der Waals surface area contributed by atoms with Crippen LogP contribution in [-0.2, 0) is 5.41 Å². The monoisotopic (exact) mass is 756 g/mol. The van der Waals surface area contributed by atoms with Crippen LogP contribution in [0.3, 0.4) is 0 Å². The molecule has 0 saturated heterocycles. The molecule has 0 saturated carbocycles. The van der Waals surface area contributed by atoms with Crippen LogP contribution in [0.25, 0.3) is 100 Å². The Labute approximate surface area is 340 Å². The Bertz CT molecular complexity index is 3380. The third-order valence-electron chi connectivity index (χ3n) is 12.3. The van der Waals surface area contributed by atoms with Crippen LogP contribution in [0.2, 0.25) is 0 Å². The van der Waals surface area contributed by atoms with Gasteiger partial charge in [0.2, 0.25) is 5.95 Å². The van der Waals surface area contributed by atoms with E-state index in [0.717, 1.165) is 71.6 Å². The van der Waals surface area contributed by atoms with Crippen molar-refractivity contribution in [3.8, 4) is 56.7 Å². The first-order valence-corrected chi connectivity index (χ1v) is 20.1. The van der Waals surface area contributed by atoms with Crippen molar-refractivity contribution in [1.29, 1.82) is 0 Å². The number of para-hydroxylation sites is 4. The summed E-state index contributed by atoms with van der Waals surface area (Å²) in [5.74, 6) is 1.75. The van der Waals surface area contributed by atoms with E-state index in [9.17, 15) is 0 Å². The van der Waals surface area contributed by atoms with Crippen molar-refractivity contribution >= 4 is 43.6 Å². The van der Waals surface area contributed by atoms with Crippen LogP contribution in [-0.4, -0.2) is 29.1 Å². The van der Waals surface area contributed by atoms with Gasteiger partial charge in [0, 0.05) is 56.0 Å². The number of aromatic nitrogens is 6. The summed E-state index contributed by atoms with van der Waals surface area (Å²) in [5, 5.41) is 4.51. The summed E-state index contributed by atoms with van der Waals surface area (Å²) in [6.07, 6.45) is 3.85. The molecule has 59 heavy (non-hydrogen) atoms. The second-order valence-corrected chi connectivity index (χ2v) is 15.9. The molecule has 0 fully saturated rings. The summed E-state index contributed by atoms with van der Waals surface area (Å²) in [7, 11) is 0. The molecule has 4 aromatic heterocycles. The van der Waals surface area contributed by atoms with Crippen LogP contribution in [0.4, 0.5) is 0 Å². The normalized spacial score (nSPS) is 13.1. The highest BCUT2D eigenvalue weighted by Gasteiger charge is 2.35. The number of benzene rings is 7. The van der Waals surface area contributed by atoms with Gasteiger partial charge in [0.05, 0.1) is 27.8 Å². The summed E-state index contributed by atoms with van der Waals surface area (Å²) < 4.78 is 4.56. The smallest absolute Gasteiger partial charge is 0.238 e. The van der Waals surface area contributed by atoms with Crippen LogP contribution >= 0.6 is 0 Å². The Kier molecular flexibility index (Phi) is 7.17. The Morgan fingerprint density at radius 1 is 0.407 bits per heavy atom. The van der Waals surface area contributed by atoms with Crippen LogP contribution in [0, 0.1) is 0 Å². The van der Waals surface area contributed by atoms with Crippen molar-refractivity contribution < 1.29 is 0 Å². The average Bonchev–Trinajstić information content (AvgIpc) is 3.89. The quantitative estimate of drug-likeness (QED) is 0.175. The van der Waals surface area contributed by atoms with Gasteiger partial charge in [-0.15, -0.1) is 0 Å². The van der Waals surface area contributed by atoms with E-state index in [1.807, 2.05) is 30.6 Å². The highest BCUT2D eigenvalue weighted by molar-refractivity contribution is 6.11. The molecule has 7 aromatic carbocycles. The van der Waals surface area contributed by atoms with Gasteiger partial charge in [0.15, 0.2) is 11.6 Å². The van der Waals surface area contributed by atoms with Gasteiger partial charge in [-0.3, -0.25) is 9.55 Å². The lowest BCUT2D eigenvalue weighted by Crippen LogP contribution is -2.14. The van der Waals surface area contributed by atoms with Gasteiger partial charge >= 0.3 is 0 Å². The van der Waals surface area contributed by atoms with Gasteiger partial charge in [-0.2, -0.15) is 9.97 Å². The fourth-order valence-corrected chi connectivity index (χ4v) is 9.58. The maximum absolute atomic E-state index is 5.46. The molecule has 11 aromatic rings. The van der Waals surface area contributed by atoms with E-state index in [1.54, 1.807) is 0 Å². The molecule has 0 spiro atoms. The van der Waals surface area contributed by atoms with E-state index in [0.29, 0.717) is 17.6 Å². The van der Waals surface area contributed by atoms with Crippen LogP contribution in [0.1, 0.15) is 25.0 Å². The van der Waals surface area contributed by atoms with E-state index in [4.69, 9.17) is 15.0 Å². The Hall–Kier alpha value is -7.70. The molecule has 0 atom stereocenters. The molecule has 0 radical (unpaired) electrons. The van der Waals surface area contributed by atoms with Gasteiger partial charge in [-0.1, -0.05) is 147 Å². The van der Waals surface area contributed by atoms with Gasteiger partial charge in [0.25, 0.3) is 0 Å². The van der Waals surface area contributed by atoms with Crippen molar-refractivity contribution in [2.24, 2.45) is 0 Å². The molecule has 0 amide bonds. The second-order valence-electron chi connectivity index (χ2n) is 15.9.